The lowest BCUT2D eigenvalue weighted by Crippen LogP contribution is -2.38. The largest absolute Gasteiger partial charge is 0.390 e. The number of hydrogen-bond acceptors (Lipinski definition) is 2. The number of alkyl halides is 2. The van der Waals surface area contributed by atoms with Gasteiger partial charge in [-0.15, -0.1) is 6.42 Å². The van der Waals surface area contributed by atoms with Gasteiger partial charge in [-0.2, -0.15) is 0 Å². The van der Waals surface area contributed by atoms with Gasteiger partial charge in [0.25, 0.3) is 11.8 Å². The molecule has 0 heterocycles. The van der Waals surface area contributed by atoms with Gasteiger partial charge in [0, 0.05) is 0 Å². The summed E-state index contributed by atoms with van der Waals surface area (Å²) in [5.41, 5.74) is 0. The molecule has 0 aliphatic heterocycles. The minimum Gasteiger partial charge on any atom is -0.390 e. The molecule has 0 saturated carbocycles. The average molecular weight is 163 g/mol. The highest BCUT2D eigenvalue weighted by Crippen LogP contribution is 2.09. The number of amides is 1. The van der Waals surface area contributed by atoms with Crippen molar-refractivity contribution in [2.75, 3.05) is 13.2 Å². The van der Waals surface area contributed by atoms with Gasteiger partial charge in [-0.3, -0.25) is 4.79 Å². The first kappa shape index (κ1) is 9.85. The smallest absolute Gasteiger partial charge is 0.295 e. The number of halogens is 2. The van der Waals surface area contributed by atoms with Gasteiger partial charge in [0.2, 0.25) is 0 Å². The van der Waals surface area contributed by atoms with Crippen molar-refractivity contribution in [2.24, 2.45) is 0 Å². The van der Waals surface area contributed by atoms with Crippen LogP contribution in [0.3, 0.4) is 0 Å². The van der Waals surface area contributed by atoms with Crippen LogP contribution in [0.15, 0.2) is 0 Å². The van der Waals surface area contributed by atoms with Gasteiger partial charge in [-0.05, 0) is 5.92 Å². The SMILES string of the molecule is C#CC(=O)NCC(F)(F)CO. The average Bonchev–Trinajstić information content (AvgIpc) is 2.00. The Hall–Kier alpha value is -1.15. The van der Waals surface area contributed by atoms with E-state index in [4.69, 9.17) is 5.11 Å². The van der Waals surface area contributed by atoms with E-state index < -0.39 is 25.0 Å². The summed E-state index contributed by atoms with van der Waals surface area (Å²) in [7, 11) is 0. The van der Waals surface area contributed by atoms with Crippen LogP contribution in [0.25, 0.3) is 0 Å². The number of carbonyl (C=O) groups is 1. The van der Waals surface area contributed by atoms with Crippen LogP contribution < -0.4 is 5.32 Å². The number of hydrogen-bond donors (Lipinski definition) is 2. The van der Waals surface area contributed by atoms with Crippen LogP contribution in [0.1, 0.15) is 0 Å². The van der Waals surface area contributed by atoms with Gasteiger partial charge >= 0.3 is 0 Å². The minimum absolute atomic E-state index is 0.918. The van der Waals surface area contributed by atoms with E-state index in [9.17, 15) is 13.6 Å². The highest BCUT2D eigenvalue weighted by Gasteiger charge is 2.27. The molecule has 0 aromatic heterocycles. The third kappa shape index (κ3) is 4.28. The van der Waals surface area contributed by atoms with E-state index in [1.165, 1.54) is 0 Å². The van der Waals surface area contributed by atoms with Crippen molar-refractivity contribution in [1.82, 2.24) is 5.32 Å². The number of aliphatic hydroxyl groups is 1. The Morgan fingerprint density at radius 3 is 2.64 bits per heavy atom. The van der Waals surface area contributed by atoms with Crippen molar-refractivity contribution in [3.8, 4) is 12.3 Å². The molecule has 0 aromatic rings. The maximum atomic E-state index is 12.1. The van der Waals surface area contributed by atoms with Crippen molar-refractivity contribution in [3.05, 3.63) is 0 Å². The highest BCUT2D eigenvalue weighted by molar-refractivity contribution is 5.92. The van der Waals surface area contributed by atoms with E-state index in [1.54, 1.807) is 11.2 Å². The third-order valence-corrected chi connectivity index (χ3v) is 0.870. The molecule has 0 bridgehead atoms. The molecule has 0 spiro atoms. The van der Waals surface area contributed by atoms with Crippen LogP contribution in [0, 0.1) is 12.3 Å². The van der Waals surface area contributed by atoms with Gasteiger partial charge in [-0.25, -0.2) is 8.78 Å². The van der Waals surface area contributed by atoms with Crippen molar-refractivity contribution < 1.29 is 18.7 Å². The quantitative estimate of drug-likeness (QED) is 0.544. The number of nitrogens with one attached hydrogen (secondary N) is 1. The first-order valence-corrected chi connectivity index (χ1v) is 2.75. The molecule has 0 saturated heterocycles. The summed E-state index contributed by atoms with van der Waals surface area (Å²) in [6, 6.07) is 0. The van der Waals surface area contributed by atoms with Gasteiger partial charge in [-0.1, -0.05) is 0 Å². The molecule has 0 rings (SSSR count). The summed E-state index contributed by atoms with van der Waals surface area (Å²) in [6.45, 7) is -2.25. The fourth-order valence-corrected chi connectivity index (χ4v) is 0.317. The van der Waals surface area contributed by atoms with Crippen LogP contribution in [0.4, 0.5) is 8.78 Å². The Morgan fingerprint density at radius 1 is 1.73 bits per heavy atom. The Bertz CT molecular complexity index is 186. The maximum Gasteiger partial charge on any atom is 0.295 e. The first-order valence-electron chi connectivity index (χ1n) is 2.75. The number of aliphatic hydroxyl groups excluding tert-OH is 1. The van der Waals surface area contributed by atoms with E-state index in [0.29, 0.717) is 0 Å². The Labute approximate surface area is 62.4 Å². The van der Waals surface area contributed by atoms with Crippen molar-refractivity contribution in [1.29, 1.82) is 0 Å². The fraction of sp³-hybridized carbons (Fsp3) is 0.500. The van der Waals surface area contributed by atoms with E-state index in [1.807, 2.05) is 0 Å². The van der Waals surface area contributed by atoms with Crippen molar-refractivity contribution >= 4 is 5.91 Å². The monoisotopic (exact) mass is 163 g/mol. The van der Waals surface area contributed by atoms with Gasteiger partial charge in [0.05, 0.1) is 6.54 Å². The van der Waals surface area contributed by atoms with E-state index in [2.05, 4.69) is 6.42 Å². The summed E-state index contributed by atoms with van der Waals surface area (Å²) < 4.78 is 24.2. The van der Waals surface area contributed by atoms with Crippen LogP contribution in [0.5, 0.6) is 0 Å². The standard InChI is InChI=1S/C6H7F2NO2/c1-2-5(11)9-3-6(7,8)4-10/h1,10H,3-4H2,(H,9,11). The summed E-state index contributed by atoms with van der Waals surface area (Å²) in [6.07, 6.45) is 4.57. The third-order valence-electron chi connectivity index (χ3n) is 0.870. The predicted molar refractivity (Wildman–Crippen MR) is 33.9 cm³/mol. The van der Waals surface area contributed by atoms with Crippen LogP contribution in [0.2, 0.25) is 0 Å². The van der Waals surface area contributed by atoms with E-state index in [0.717, 1.165) is 0 Å². The van der Waals surface area contributed by atoms with Gasteiger partial charge in [0.1, 0.15) is 6.61 Å². The number of rotatable bonds is 3. The second-order valence-electron chi connectivity index (χ2n) is 1.84. The molecule has 0 radical (unpaired) electrons. The lowest BCUT2D eigenvalue weighted by Gasteiger charge is -2.11. The zero-order valence-electron chi connectivity index (χ0n) is 5.60. The molecular formula is C6H7F2NO2. The van der Waals surface area contributed by atoms with Gasteiger partial charge < -0.3 is 10.4 Å². The lowest BCUT2D eigenvalue weighted by atomic mass is 10.3. The molecule has 62 valence electrons. The summed E-state index contributed by atoms with van der Waals surface area (Å²) in [5.74, 6) is -2.62. The molecule has 0 fully saturated rings. The minimum atomic E-state index is -3.30. The summed E-state index contributed by atoms with van der Waals surface area (Å²) >= 11 is 0. The van der Waals surface area contributed by atoms with Crippen LogP contribution in [-0.4, -0.2) is 30.1 Å². The zero-order chi connectivity index (χ0) is 8.91. The molecule has 5 heteroatoms. The first-order chi connectivity index (χ1) is 5.02. The summed E-state index contributed by atoms with van der Waals surface area (Å²) in [5, 5.41) is 9.77. The predicted octanol–water partition coefficient (Wildman–Crippen LogP) is -0.637. The van der Waals surface area contributed by atoms with E-state index >= 15 is 0 Å². The molecule has 3 nitrogen and oxygen atoms in total. The zero-order valence-corrected chi connectivity index (χ0v) is 5.60. The molecule has 0 aromatic carbocycles. The molecule has 1 amide bonds. The molecule has 11 heavy (non-hydrogen) atoms. The number of carbonyl (C=O) groups excluding carboxylic acids is 1. The van der Waals surface area contributed by atoms with Gasteiger partial charge in [0.15, 0.2) is 0 Å². The Morgan fingerprint density at radius 2 is 2.27 bits per heavy atom. The second kappa shape index (κ2) is 3.88. The Balaban J connectivity index is 3.72. The highest BCUT2D eigenvalue weighted by atomic mass is 19.3. The fourth-order valence-electron chi connectivity index (χ4n) is 0.317. The molecule has 0 atom stereocenters. The molecular weight excluding hydrogens is 156 g/mol. The topological polar surface area (TPSA) is 49.3 Å². The van der Waals surface area contributed by atoms with Crippen molar-refractivity contribution in [2.45, 2.75) is 5.92 Å². The molecule has 0 aliphatic carbocycles. The number of terminal acetylenes is 1. The normalized spacial score (nSPS) is 10.4. The summed E-state index contributed by atoms with van der Waals surface area (Å²) in [4.78, 5) is 10.2. The molecule has 2 N–H and O–H groups in total. The Kier molecular flexibility index (Phi) is 3.48. The van der Waals surface area contributed by atoms with E-state index in [-0.39, 0.29) is 0 Å². The maximum absolute atomic E-state index is 12.1. The second-order valence-corrected chi connectivity index (χ2v) is 1.84. The molecule has 0 unspecified atom stereocenters. The van der Waals surface area contributed by atoms with Crippen molar-refractivity contribution in [3.63, 3.8) is 0 Å². The lowest BCUT2D eigenvalue weighted by molar-refractivity contribution is -0.118. The van der Waals surface area contributed by atoms with Crippen LogP contribution in [-0.2, 0) is 4.79 Å². The van der Waals surface area contributed by atoms with Crippen LogP contribution >= 0.6 is 0 Å². The molecule has 0 aliphatic rings.